The number of benzene rings is 2. The molecule has 6 nitrogen and oxygen atoms in total. The predicted molar refractivity (Wildman–Crippen MR) is 120 cm³/mol. The van der Waals surface area contributed by atoms with Crippen molar-refractivity contribution in [3.05, 3.63) is 77.1 Å². The standard InChI is InChI=1S/C22H27FN4O2S/c1-24-22(25-14-17-5-9-21(10-6-17)27-11-3-4-12-27)26-15-19-13-20(23)8-7-18(19)16-30(2,28)29/h3-10,13H,11-12,14-16H2,1-2H3,(H2,24,25,26). The first-order chi connectivity index (χ1) is 14.3. The molecule has 2 N–H and O–H groups in total. The lowest BCUT2D eigenvalue weighted by Crippen LogP contribution is -2.36. The fraction of sp³-hybridized carbons (Fsp3) is 0.318. The van der Waals surface area contributed by atoms with Crippen LogP contribution in [0, 0.1) is 5.82 Å². The van der Waals surface area contributed by atoms with E-state index in [4.69, 9.17) is 0 Å². The van der Waals surface area contributed by atoms with Crippen LogP contribution in [0.3, 0.4) is 0 Å². The maximum Gasteiger partial charge on any atom is 0.191 e. The van der Waals surface area contributed by atoms with Crippen LogP contribution in [0.1, 0.15) is 16.7 Å². The largest absolute Gasteiger partial charge is 0.364 e. The van der Waals surface area contributed by atoms with Crippen LogP contribution in [0.2, 0.25) is 0 Å². The van der Waals surface area contributed by atoms with Gasteiger partial charge in [0.2, 0.25) is 0 Å². The molecule has 3 rings (SSSR count). The SMILES string of the molecule is CN=C(NCc1ccc(N2CC=CC2)cc1)NCc1cc(F)ccc1CS(C)(=O)=O. The predicted octanol–water partition coefficient (Wildman–Crippen LogP) is 2.61. The Morgan fingerprint density at radius 2 is 1.70 bits per heavy atom. The molecule has 0 saturated carbocycles. The first kappa shape index (κ1) is 21.8. The molecule has 0 radical (unpaired) electrons. The van der Waals surface area contributed by atoms with Gasteiger partial charge in [0.25, 0.3) is 0 Å². The van der Waals surface area contributed by atoms with E-state index in [-0.39, 0.29) is 12.3 Å². The summed E-state index contributed by atoms with van der Waals surface area (Å²) in [6.45, 7) is 2.73. The lowest BCUT2D eigenvalue weighted by molar-refractivity contribution is 0.599. The van der Waals surface area contributed by atoms with Crippen LogP contribution >= 0.6 is 0 Å². The van der Waals surface area contributed by atoms with Crippen molar-refractivity contribution < 1.29 is 12.8 Å². The molecule has 1 heterocycles. The summed E-state index contributed by atoms with van der Waals surface area (Å²) in [5, 5.41) is 6.35. The van der Waals surface area contributed by atoms with Gasteiger partial charge < -0.3 is 15.5 Å². The normalized spacial score (nSPS) is 14.2. The van der Waals surface area contributed by atoms with Gasteiger partial charge in [-0.2, -0.15) is 0 Å². The second kappa shape index (κ2) is 9.75. The number of guanidine groups is 1. The highest BCUT2D eigenvalue weighted by molar-refractivity contribution is 7.89. The van der Waals surface area contributed by atoms with E-state index in [0.29, 0.717) is 23.6 Å². The quantitative estimate of drug-likeness (QED) is 0.401. The third-order valence-electron chi connectivity index (χ3n) is 4.84. The Hall–Kier alpha value is -2.87. The molecule has 0 unspecified atom stereocenters. The first-order valence-corrected chi connectivity index (χ1v) is 11.8. The summed E-state index contributed by atoms with van der Waals surface area (Å²) in [4.78, 5) is 6.47. The molecule has 0 bridgehead atoms. The fourth-order valence-electron chi connectivity index (χ4n) is 3.28. The van der Waals surface area contributed by atoms with Crippen LogP contribution in [0.25, 0.3) is 0 Å². The smallest absolute Gasteiger partial charge is 0.191 e. The Morgan fingerprint density at radius 3 is 2.33 bits per heavy atom. The van der Waals surface area contributed by atoms with Gasteiger partial charge in [-0.15, -0.1) is 0 Å². The molecule has 0 atom stereocenters. The molecule has 0 aromatic heterocycles. The van der Waals surface area contributed by atoms with Crippen molar-refractivity contribution >= 4 is 21.5 Å². The highest BCUT2D eigenvalue weighted by atomic mass is 32.2. The lowest BCUT2D eigenvalue weighted by atomic mass is 10.1. The van der Waals surface area contributed by atoms with Crippen molar-refractivity contribution in [1.82, 2.24) is 10.6 Å². The third kappa shape index (κ3) is 6.32. The number of hydrogen-bond acceptors (Lipinski definition) is 4. The summed E-state index contributed by atoms with van der Waals surface area (Å²) in [7, 11) is -1.56. The van der Waals surface area contributed by atoms with Crippen molar-refractivity contribution in [3.8, 4) is 0 Å². The van der Waals surface area contributed by atoms with Gasteiger partial charge in [0.15, 0.2) is 15.8 Å². The zero-order chi connectivity index (χ0) is 21.6. The van der Waals surface area contributed by atoms with Crippen molar-refractivity contribution in [2.75, 3.05) is 31.3 Å². The number of hydrogen-bond donors (Lipinski definition) is 2. The average Bonchev–Trinajstić information content (AvgIpc) is 3.24. The minimum absolute atomic E-state index is 0.130. The Morgan fingerprint density at radius 1 is 1.03 bits per heavy atom. The molecule has 8 heteroatoms. The summed E-state index contributed by atoms with van der Waals surface area (Å²) in [5.74, 6) is 0.0209. The molecular formula is C22H27FN4O2S. The van der Waals surface area contributed by atoms with Crippen LogP contribution < -0.4 is 15.5 Å². The molecule has 2 aromatic rings. The van der Waals surface area contributed by atoms with Gasteiger partial charge in [-0.3, -0.25) is 4.99 Å². The Labute approximate surface area is 177 Å². The van der Waals surface area contributed by atoms with Gasteiger partial charge in [-0.05, 0) is 41.0 Å². The van der Waals surface area contributed by atoms with Gasteiger partial charge in [0.05, 0.1) is 5.75 Å². The molecule has 0 aliphatic carbocycles. The molecule has 160 valence electrons. The van der Waals surface area contributed by atoms with Crippen LogP contribution in [-0.4, -0.2) is 40.8 Å². The molecule has 2 aromatic carbocycles. The first-order valence-electron chi connectivity index (χ1n) is 9.72. The molecule has 0 saturated heterocycles. The molecule has 0 fully saturated rings. The Balaban J connectivity index is 1.57. The van der Waals surface area contributed by atoms with E-state index in [2.05, 4.69) is 56.9 Å². The molecule has 30 heavy (non-hydrogen) atoms. The summed E-state index contributed by atoms with van der Waals surface area (Å²) in [6, 6.07) is 12.5. The van der Waals surface area contributed by atoms with E-state index in [1.807, 2.05) is 0 Å². The van der Waals surface area contributed by atoms with E-state index in [9.17, 15) is 12.8 Å². The Bertz CT molecular complexity index is 1030. The van der Waals surface area contributed by atoms with Gasteiger partial charge >= 0.3 is 0 Å². The van der Waals surface area contributed by atoms with Crippen LogP contribution in [-0.2, 0) is 28.7 Å². The molecule has 0 spiro atoms. The van der Waals surface area contributed by atoms with Crippen molar-refractivity contribution in [2.24, 2.45) is 4.99 Å². The van der Waals surface area contributed by atoms with Crippen LogP contribution in [0.15, 0.2) is 59.6 Å². The number of nitrogens with one attached hydrogen (secondary N) is 2. The number of sulfone groups is 1. The third-order valence-corrected chi connectivity index (χ3v) is 5.67. The zero-order valence-corrected chi connectivity index (χ0v) is 18.0. The monoisotopic (exact) mass is 430 g/mol. The lowest BCUT2D eigenvalue weighted by Gasteiger charge is -2.18. The summed E-state index contributed by atoms with van der Waals surface area (Å²) in [6.07, 6.45) is 5.48. The molecular weight excluding hydrogens is 403 g/mol. The van der Waals surface area contributed by atoms with Crippen LogP contribution in [0.5, 0.6) is 0 Å². The number of nitrogens with zero attached hydrogens (tertiary/aromatic N) is 2. The molecule has 1 aliphatic rings. The Kier molecular flexibility index (Phi) is 7.10. The van der Waals surface area contributed by atoms with Crippen LogP contribution in [0.4, 0.5) is 10.1 Å². The highest BCUT2D eigenvalue weighted by Crippen LogP contribution is 2.18. The van der Waals surface area contributed by atoms with Gasteiger partial charge in [-0.1, -0.05) is 30.4 Å². The fourth-order valence-corrected chi connectivity index (χ4v) is 4.13. The van der Waals surface area contributed by atoms with Crippen molar-refractivity contribution in [3.63, 3.8) is 0 Å². The van der Waals surface area contributed by atoms with Gasteiger partial charge in [0.1, 0.15) is 5.82 Å². The summed E-state index contributed by atoms with van der Waals surface area (Å²) >= 11 is 0. The second-order valence-corrected chi connectivity index (χ2v) is 9.45. The average molecular weight is 431 g/mol. The van der Waals surface area contributed by atoms with E-state index in [1.165, 1.54) is 30.1 Å². The van der Waals surface area contributed by atoms with E-state index in [1.54, 1.807) is 7.05 Å². The zero-order valence-electron chi connectivity index (χ0n) is 17.2. The number of aliphatic imine (C=N–C) groups is 1. The second-order valence-electron chi connectivity index (χ2n) is 7.31. The summed E-state index contributed by atoms with van der Waals surface area (Å²) in [5.41, 5.74) is 3.47. The minimum atomic E-state index is -3.22. The summed E-state index contributed by atoms with van der Waals surface area (Å²) < 4.78 is 37.0. The number of halogens is 1. The van der Waals surface area contributed by atoms with Gasteiger partial charge in [0, 0.05) is 45.2 Å². The highest BCUT2D eigenvalue weighted by Gasteiger charge is 2.11. The van der Waals surface area contributed by atoms with E-state index >= 15 is 0 Å². The number of anilines is 1. The van der Waals surface area contributed by atoms with E-state index < -0.39 is 15.7 Å². The molecule has 0 amide bonds. The van der Waals surface area contributed by atoms with E-state index in [0.717, 1.165) is 18.7 Å². The van der Waals surface area contributed by atoms with Crippen molar-refractivity contribution in [1.29, 1.82) is 0 Å². The van der Waals surface area contributed by atoms with Gasteiger partial charge in [-0.25, -0.2) is 12.8 Å². The minimum Gasteiger partial charge on any atom is -0.364 e. The number of rotatable bonds is 7. The molecule has 1 aliphatic heterocycles. The maximum atomic E-state index is 13.7. The van der Waals surface area contributed by atoms with Crippen molar-refractivity contribution in [2.45, 2.75) is 18.8 Å². The topological polar surface area (TPSA) is 73.8 Å². The maximum absolute atomic E-state index is 13.7.